The molecule has 0 aromatic carbocycles. The monoisotopic (exact) mass is 234 g/mol. The van der Waals surface area contributed by atoms with Crippen LogP contribution in [0.2, 0.25) is 0 Å². The maximum atomic E-state index is 11.7. The molecule has 0 saturated heterocycles. The molecule has 0 spiro atoms. The molecule has 1 heterocycles. The van der Waals surface area contributed by atoms with Crippen LogP contribution in [-0.2, 0) is 4.79 Å². The van der Waals surface area contributed by atoms with Gasteiger partial charge in [-0.05, 0) is 19.1 Å². The highest BCUT2D eigenvalue weighted by molar-refractivity contribution is 7.13. The maximum Gasteiger partial charge on any atom is 0.317 e. The van der Waals surface area contributed by atoms with E-state index in [2.05, 4.69) is 0 Å². The molecule has 0 radical (unpaired) electrons. The number of halogens is 2. The van der Waals surface area contributed by atoms with Gasteiger partial charge in [0.2, 0.25) is 0 Å². The first kappa shape index (κ1) is 11.6. The van der Waals surface area contributed by atoms with Crippen molar-refractivity contribution in [1.29, 1.82) is 0 Å². The van der Waals surface area contributed by atoms with E-state index in [1.807, 2.05) is 5.43 Å². The smallest absolute Gasteiger partial charge is 0.267 e. The zero-order chi connectivity index (χ0) is 11.4. The first-order valence-electron chi connectivity index (χ1n) is 3.95. The molecule has 0 saturated carbocycles. The number of hydrogen-bond donors (Lipinski definition) is 2. The van der Waals surface area contributed by atoms with Crippen molar-refractivity contribution < 1.29 is 18.4 Å². The predicted molar refractivity (Wildman–Crippen MR) is 50.7 cm³/mol. The zero-order valence-corrected chi connectivity index (χ0v) is 8.53. The van der Waals surface area contributed by atoms with Gasteiger partial charge in [0.15, 0.2) is 0 Å². The lowest BCUT2D eigenvalue weighted by Gasteiger charge is -2.04. The number of carbonyl (C=O) groups is 2. The number of alkyl halides is 2. The van der Waals surface area contributed by atoms with E-state index in [-0.39, 0.29) is 0 Å². The second-order valence-electron chi connectivity index (χ2n) is 2.65. The molecular formula is C8H8F2N2O2S. The van der Waals surface area contributed by atoms with Crippen molar-refractivity contribution in [2.75, 3.05) is 0 Å². The fourth-order valence-corrected chi connectivity index (χ4v) is 1.55. The molecule has 0 aliphatic carbocycles. The molecule has 2 N–H and O–H groups in total. The van der Waals surface area contributed by atoms with Crippen LogP contribution in [0, 0.1) is 6.92 Å². The van der Waals surface area contributed by atoms with Gasteiger partial charge in [0.25, 0.3) is 5.91 Å². The molecule has 1 rings (SSSR count). The van der Waals surface area contributed by atoms with E-state index in [4.69, 9.17) is 0 Å². The zero-order valence-electron chi connectivity index (χ0n) is 7.71. The van der Waals surface area contributed by atoms with Crippen molar-refractivity contribution in [3.8, 4) is 0 Å². The Kier molecular flexibility index (Phi) is 3.73. The Labute approximate surface area is 88.3 Å². The van der Waals surface area contributed by atoms with Crippen LogP contribution in [0.5, 0.6) is 0 Å². The number of amides is 2. The van der Waals surface area contributed by atoms with Crippen molar-refractivity contribution in [1.82, 2.24) is 10.9 Å². The number of carbonyl (C=O) groups excluding carboxylic acids is 2. The summed E-state index contributed by atoms with van der Waals surface area (Å²) in [7, 11) is 0. The van der Waals surface area contributed by atoms with E-state index >= 15 is 0 Å². The summed E-state index contributed by atoms with van der Waals surface area (Å²) >= 11 is 1.21. The third kappa shape index (κ3) is 3.28. The summed E-state index contributed by atoms with van der Waals surface area (Å²) in [4.78, 5) is 22.9. The van der Waals surface area contributed by atoms with E-state index in [1.165, 1.54) is 11.3 Å². The Morgan fingerprint density at radius 2 is 2.00 bits per heavy atom. The summed E-state index contributed by atoms with van der Waals surface area (Å²) < 4.78 is 23.4. The molecule has 4 nitrogen and oxygen atoms in total. The standard InChI is InChI=1S/C8H8F2N2O2S/c1-4-2-3-5(15-4)7(13)11-12-8(14)6(9)10/h2-3,6H,1H3,(H,11,13)(H,12,14). The normalized spacial score (nSPS) is 10.1. The summed E-state index contributed by atoms with van der Waals surface area (Å²) in [5.41, 5.74) is 3.49. The van der Waals surface area contributed by atoms with Crippen molar-refractivity contribution in [2.45, 2.75) is 13.3 Å². The topological polar surface area (TPSA) is 58.2 Å². The molecule has 0 unspecified atom stereocenters. The van der Waals surface area contributed by atoms with Gasteiger partial charge >= 0.3 is 12.3 Å². The minimum Gasteiger partial charge on any atom is -0.267 e. The fraction of sp³-hybridized carbons (Fsp3) is 0.250. The molecule has 15 heavy (non-hydrogen) atoms. The van der Waals surface area contributed by atoms with Crippen LogP contribution in [0.1, 0.15) is 14.5 Å². The fourth-order valence-electron chi connectivity index (χ4n) is 0.791. The molecule has 2 amide bonds. The van der Waals surface area contributed by atoms with Gasteiger partial charge in [0, 0.05) is 4.88 Å². The number of hydrogen-bond acceptors (Lipinski definition) is 3. The highest BCUT2D eigenvalue weighted by atomic mass is 32.1. The Balaban J connectivity index is 2.47. The van der Waals surface area contributed by atoms with E-state index in [9.17, 15) is 18.4 Å². The van der Waals surface area contributed by atoms with Crippen molar-refractivity contribution in [3.63, 3.8) is 0 Å². The lowest BCUT2D eigenvalue weighted by atomic mass is 10.4. The lowest BCUT2D eigenvalue weighted by Crippen LogP contribution is -2.44. The third-order valence-electron chi connectivity index (χ3n) is 1.46. The van der Waals surface area contributed by atoms with Crippen LogP contribution in [-0.4, -0.2) is 18.2 Å². The van der Waals surface area contributed by atoms with Gasteiger partial charge < -0.3 is 0 Å². The molecule has 0 aliphatic rings. The van der Waals surface area contributed by atoms with Gasteiger partial charge in [-0.1, -0.05) is 0 Å². The summed E-state index contributed by atoms with van der Waals surface area (Å²) in [6.07, 6.45) is -3.14. The van der Waals surface area contributed by atoms with Gasteiger partial charge in [-0.3, -0.25) is 20.4 Å². The quantitative estimate of drug-likeness (QED) is 0.752. The Hall–Kier alpha value is -1.50. The molecule has 1 aromatic rings. The average Bonchev–Trinajstić information content (AvgIpc) is 2.60. The minimum atomic E-state index is -3.14. The van der Waals surface area contributed by atoms with E-state index in [0.29, 0.717) is 4.88 Å². The van der Waals surface area contributed by atoms with Gasteiger partial charge in [0.05, 0.1) is 4.88 Å². The first-order valence-corrected chi connectivity index (χ1v) is 4.77. The van der Waals surface area contributed by atoms with E-state index in [1.54, 1.807) is 24.5 Å². The SMILES string of the molecule is Cc1ccc(C(=O)NNC(=O)C(F)F)s1. The third-order valence-corrected chi connectivity index (χ3v) is 2.46. The summed E-state index contributed by atoms with van der Waals surface area (Å²) in [6.45, 7) is 1.80. The van der Waals surface area contributed by atoms with Crippen LogP contribution in [0.3, 0.4) is 0 Å². The van der Waals surface area contributed by atoms with E-state index < -0.39 is 18.2 Å². The minimum absolute atomic E-state index is 0.349. The molecule has 82 valence electrons. The van der Waals surface area contributed by atoms with Crippen LogP contribution in [0.15, 0.2) is 12.1 Å². The number of rotatable bonds is 2. The van der Waals surface area contributed by atoms with Gasteiger partial charge in [-0.2, -0.15) is 8.78 Å². The number of hydrazine groups is 1. The van der Waals surface area contributed by atoms with E-state index in [0.717, 1.165) is 4.88 Å². The van der Waals surface area contributed by atoms with Crippen LogP contribution in [0.4, 0.5) is 8.78 Å². The predicted octanol–water partition coefficient (Wildman–Crippen LogP) is 1.08. The number of thiophene rings is 1. The Morgan fingerprint density at radius 1 is 1.33 bits per heavy atom. The molecule has 1 aromatic heterocycles. The Morgan fingerprint density at radius 3 is 2.47 bits per heavy atom. The summed E-state index contributed by atoms with van der Waals surface area (Å²) in [5, 5.41) is 0. The Bertz CT molecular complexity index is 378. The maximum absolute atomic E-state index is 11.7. The summed E-state index contributed by atoms with van der Waals surface area (Å²) in [5.74, 6) is -2.14. The van der Waals surface area contributed by atoms with Crippen molar-refractivity contribution >= 4 is 23.2 Å². The molecule has 0 bridgehead atoms. The van der Waals surface area contributed by atoms with Gasteiger partial charge in [-0.25, -0.2) is 0 Å². The molecule has 7 heteroatoms. The molecular weight excluding hydrogens is 226 g/mol. The molecule has 0 aliphatic heterocycles. The van der Waals surface area contributed by atoms with Crippen LogP contribution in [0.25, 0.3) is 0 Å². The molecule has 0 atom stereocenters. The van der Waals surface area contributed by atoms with Crippen molar-refractivity contribution in [2.24, 2.45) is 0 Å². The van der Waals surface area contributed by atoms with Crippen LogP contribution < -0.4 is 10.9 Å². The second kappa shape index (κ2) is 4.83. The molecule has 0 fully saturated rings. The average molecular weight is 234 g/mol. The highest BCUT2D eigenvalue weighted by Crippen LogP contribution is 2.14. The van der Waals surface area contributed by atoms with Gasteiger partial charge in [-0.15, -0.1) is 11.3 Å². The highest BCUT2D eigenvalue weighted by Gasteiger charge is 2.16. The second-order valence-corrected chi connectivity index (χ2v) is 3.94. The first-order chi connectivity index (χ1) is 7.00. The van der Waals surface area contributed by atoms with Gasteiger partial charge in [0.1, 0.15) is 0 Å². The van der Waals surface area contributed by atoms with Crippen LogP contribution >= 0.6 is 11.3 Å². The number of aryl methyl sites for hydroxylation is 1. The lowest BCUT2D eigenvalue weighted by molar-refractivity contribution is -0.132. The summed E-state index contributed by atoms with van der Waals surface area (Å²) in [6, 6.07) is 3.26. The number of nitrogens with one attached hydrogen (secondary N) is 2. The largest absolute Gasteiger partial charge is 0.317 e. The van der Waals surface area contributed by atoms with Crippen molar-refractivity contribution in [3.05, 3.63) is 21.9 Å².